The van der Waals surface area contributed by atoms with Gasteiger partial charge in [-0.3, -0.25) is 4.55 Å². The fourth-order valence-electron chi connectivity index (χ4n) is 1.53. The van der Waals surface area contributed by atoms with Crippen LogP contribution in [0, 0.1) is 22.7 Å². The number of rotatable bonds is 5. The highest BCUT2D eigenvalue weighted by molar-refractivity contribution is 8.03. The van der Waals surface area contributed by atoms with E-state index < -0.39 is 10.1 Å². The summed E-state index contributed by atoms with van der Waals surface area (Å²) in [5, 5.41) is 18.1. The summed E-state index contributed by atoms with van der Waals surface area (Å²) in [6.45, 7) is 1.30. The highest BCUT2D eigenvalue weighted by Gasteiger charge is 2.17. The second-order valence-corrected chi connectivity index (χ2v) is 6.47. The zero-order valence-electron chi connectivity index (χ0n) is 10.1. The van der Waals surface area contributed by atoms with Gasteiger partial charge in [0.05, 0.1) is 10.8 Å². The van der Waals surface area contributed by atoms with Crippen LogP contribution < -0.4 is 0 Å². The van der Waals surface area contributed by atoms with Crippen molar-refractivity contribution in [2.45, 2.75) is 6.42 Å². The Hall–Kier alpha value is -1.48. The van der Waals surface area contributed by atoms with E-state index >= 15 is 0 Å². The molecule has 0 spiro atoms. The molecule has 0 bridgehead atoms. The first-order valence-electron chi connectivity index (χ1n) is 5.51. The Morgan fingerprint density at radius 1 is 1.47 bits per heavy atom. The summed E-state index contributed by atoms with van der Waals surface area (Å²) in [6, 6.07) is 3.54. The molecule has 8 heteroatoms. The summed E-state index contributed by atoms with van der Waals surface area (Å²) in [4.78, 5) is 1.97. The molecule has 1 saturated heterocycles. The predicted molar refractivity (Wildman–Crippen MR) is 72.5 cm³/mol. The van der Waals surface area contributed by atoms with E-state index in [0.29, 0.717) is 13.0 Å². The Bertz CT molecular complexity index is 551. The fraction of sp³-hybridized carbons (Fsp3) is 0.455. The van der Waals surface area contributed by atoms with Gasteiger partial charge in [0.1, 0.15) is 17.7 Å². The van der Waals surface area contributed by atoms with Crippen molar-refractivity contribution in [1.29, 1.82) is 10.5 Å². The topological polar surface area (TPSA) is 105 Å². The van der Waals surface area contributed by atoms with Crippen molar-refractivity contribution in [1.82, 2.24) is 4.90 Å². The van der Waals surface area contributed by atoms with Gasteiger partial charge in [0.2, 0.25) is 0 Å². The fourth-order valence-corrected chi connectivity index (χ4v) is 3.07. The summed E-state index contributed by atoms with van der Waals surface area (Å²) in [7, 11) is -3.92. The van der Waals surface area contributed by atoms with Crippen LogP contribution in [0.3, 0.4) is 0 Å². The molecule has 1 aliphatic heterocycles. The van der Waals surface area contributed by atoms with Crippen molar-refractivity contribution in [2.75, 3.05) is 24.6 Å². The zero-order valence-corrected chi connectivity index (χ0v) is 11.7. The number of thioether (sulfide) groups is 1. The molecule has 0 unspecified atom stereocenters. The maximum absolute atomic E-state index is 10.6. The molecule has 0 radical (unpaired) electrons. The highest BCUT2D eigenvalue weighted by Crippen LogP contribution is 2.27. The minimum Gasteiger partial charge on any atom is -0.365 e. The summed E-state index contributed by atoms with van der Waals surface area (Å²) in [5.41, 5.74) is 0.0258. The molecule has 1 rings (SSSR count). The summed E-state index contributed by atoms with van der Waals surface area (Å²) in [5.74, 6) is 0.610. The largest absolute Gasteiger partial charge is 0.365 e. The standard InChI is InChI=1S/C11H13N3O3S2/c12-8-10(9-13)2-3-11-14(5-6-18-11)4-1-7-19(15,16)17/h2-3H,1,4-7H2,(H,15,16,17). The quantitative estimate of drug-likeness (QED) is 0.599. The second kappa shape index (κ2) is 7.19. The average molecular weight is 299 g/mol. The van der Waals surface area contributed by atoms with Crippen molar-refractivity contribution >= 4 is 21.9 Å². The van der Waals surface area contributed by atoms with E-state index in [2.05, 4.69) is 0 Å². The molecule has 0 aromatic carbocycles. The third-order valence-electron chi connectivity index (χ3n) is 2.39. The molecule has 6 nitrogen and oxygen atoms in total. The number of allylic oxidation sites excluding steroid dienone is 3. The SMILES string of the molecule is N#CC(C#N)=CC=C1SCCN1CCCS(=O)(=O)O. The van der Waals surface area contributed by atoms with Gasteiger partial charge in [-0.05, 0) is 18.6 Å². The predicted octanol–water partition coefficient (Wildman–Crippen LogP) is 1.13. The van der Waals surface area contributed by atoms with Crippen LogP contribution in [0.2, 0.25) is 0 Å². The van der Waals surface area contributed by atoms with E-state index in [1.807, 2.05) is 4.90 Å². The van der Waals surface area contributed by atoms with Crippen LogP contribution in [0.4, 0.5) is 0 Å². The first-order valence-corrected chi connectivity index (χ1v) is 8.11. The van der Waals surface area contributed by atoms with Gasteiger partial charge in [-0.25, -0.2) is 0 Å². The Labute approximate surface area is 116 Å². The molecule has 102 valence electrons. The Morgan fingerprint density at radius 2 is 2.16 bits per heavy atom. The van der Waals surface area contributed by atoms with E-state index in [1.54, 1.807) is 30.0 Å². The van der Waals surface area contributed by atoms with Crippen LogP contribution in [0.15, 0.2) is 22.8 Å². The van der Waals surface area contributed by atoms with Crippen LogP contribution >= 0.6 is 11.8 Å². The van der Waals surface area contributed by atoms with E-state index in [4.69, 9.17) is 15.1 Å². The van der Waals surface area contributed by atoms with Gasteiger partial charge in [0.15, 0.2) is 0 Å². The lowest BCUT2D eigenvalue weighted by molar-refractivity contribution is 0.398. The lowest BCUT2D eigenvalue weighted by atomic mass is 10.3. The lowest BCUT2D eigenvalue weighted by Crippen LogP contribution is -2.21. The van der Waals surface area contributed by atoms with Gasteiger partial charge in [-0.2, -0.15) is 18.9 Å². The van der Waals surface area contributed by atoms with Gasteiger partial charge in [-0.1, -0.05) is 0 Å². The van der Waals surface area contributed by atoms with Crippen molar-refractivity contribution in [2.24, 2.45) is 0 Å². The normalized spacial score (nSPS) is 17.0. The molecule has 0 saturated carbocycles. The Balaban J connectivity index is 2.60. The van der Waals surface area contributed by atoms with Crippen LogP contribution in [0.25, 0.3) is 0 Å². The number of nitrogens with zero attached hydrogens (tertiary/aromatic N) is 3. The second-order valence-electron chi connectivity index (χ2n) is 3.78. The van der Waals surface area contributed by atoms with Crippen molar-refractivity contribution in [3.05, 3.63) is 22.8 Å². The van der Waals surface area contributed by atoms with Crippen LogP contribution in [0.5, 0.6) is 0 Å². The molecular weight excluding hydrogens is 286 g/mol. The number of nitriles is 2. The van der Waals surface area contributed by atoms with E-state index in [-0.39, 0.29) is 11.3 Å². The molecule has 1 N–H and O–H groups in total. The Morgan fingerprint density at radius 3 is 2.74 bits per heavy atom. The summed E-state index contributed by atoms with van der Waals surface area (Å²) >= 11 is 1.58. The molecular formula is C11H13N3O3S2. The lowest BCUT2D eigenvalue weighted by Gasteiger charge is -2.17. The van der Waals surface area contributed by atoms with Gasteiger partial charge in [0, 0.05) is 18.8 Å². The third-order valence-corrected chi connectivity index (χ3v) is 4.27. The maximum Gasteiger partial charge on any atom is 0.264 e. The van der Waals surface area contributed by atoms with E-state index in [1.165, 1.54) is 6.08 Å². The molecule has 0 amide bonds. The molecule has 0 atom stereocenters. The molecule has 0 aromatic rings. The molecule has 0 aromatic heterocycles. The molecule has 19 heavy (non-hydrogen) atoms. The maximum atomic E-state index is 10.6. The Kier molecular flexibility index (Phi) is 5.90. The van der Waals surface area contributed by atoms with E-state index in [9.17, 15) is 8.42 Å². The summed E-state index contributed by atoms with van der Waals surface area (Å²) < 4.78 is 29.9. The van der Waals surface area contributed by atoms with Crippen molar-refractivity contribution < 1.29 is 13.0 Å². The van der Waals surface area contributed by atoms with Crippen molar-refractivity contribution in [3.63, 3.8) is 0 Å². The van der Waals surface area contributed by atoms with E-state index in [0.717, 1.165) is 17.3 Å². The zero-order chi connectivity index (χ0) is 14.3. The van der Waals surface area contributed by atoms with Crippen LogP contribution in [-0.2, 0) is 10.1 Å². The first kappa shape index (κ1) is 15.6. The number of hydrogen-bond donors (Lipinski definition) is 1. The minimum absolute atomic E-state index is 0.0258. The molecule has 1 heterocycles. The van der Waals surface area contributed by atoms with Gasteiger partial charge >= 0.3 is 0 Å². The number of hydrogen-bond acceptors (Lipinski definition) is 6. The van der Waals surface area contributed by atoms with Crippen LogP contribution in [-0.4, -0.2) is 42.5 Å². The smallest absolute Gasteiger partial charge is 0.264 e. The van der Waals surface area contributed by atoms with Gasteiger partial charge < -0.3 is 4.90 Å². The monoisotopic (exact) mass is 299 g/mol. The van der Waals surface area contributed by atoms with Gasteiger partial charge in [0.25, 0.3) is 10.1 Å². The van der Waals surface area contributed by atoms with Gasteiger partial charge in [-0.15, -0.1) is 11.8 Å². The third kappa shape index (κ3) is 5.79. The highest BCUT2D eigenvalue weighted by atomic mass is 32.2. The van der Waals surface area contributed by atoms with Crippen LogP contribution in [0.1, 0.15) is 6.42 Å². The molecule has 1 fully saturated rings. The summed E-state index contributed by atoms with van der Waals surface area (Å²) in [6.07, 6.45) is 3.47. The molecule has 0 aliphatic carbocycles. The molecule has 1 aliphatic rings. The van der Waals surface area contributed by atoms with Crippen molar-refractivity contribution in [3.8, 4) is 12.1 Å². The average Bonchev–Trinajstić information content (AvgIpc) is 2.76. The first-order chi connectivity index (χ1) is 8.96. The minimum atomic E-state index is -3.92.